The summed E-state index contributed by atoms with van der Waals surface area (Å²) in [4.78, 5) is 11.7. The molecule has 1 heterocycles. The van der Waals surface area contributed by atoms with Gasteiger partial charge >= 0.3 is 0 Å². The largest absolute Gasteiger partial charge is 0.497 e. The van der Waals surface area contributed by atoms with E-state index in [9.17, 15) is 4.79 Å². The van der Waals surface area contributed by atoms with Gasteiger partial charge in [-0.05, 0) is 19.1 Å². The minimum Gasteiger partial charge on any atom is -0.497 e. The number of fused-ring (bicyclic) bond motifs is 1. The van der Waals surface area contributed by atoms with Crippen LogP contribution in [0.2, 0.25) is 0 Å². The Morgan fingerprint density at radius 2 is 2.27 bits per heavy atom. The lowest BCUT2D eigenvalue weighted by atomic mass is 10.1. The molecule has 1 aliphatic rings. The van der Waals surface area contributed by atoms with E-state index in [1.54, 1.807) is 19.2 Å². The molecule has 1 aromatic rings. The van der Waals surface area contributed by atoms with Gasteiger partial charge in [0.25, 0.3) is 5.91 Å². The third kappa shape index (κ3) is 1.88. The van der Waals surface area contributed by atoms with Crippen LogP contribution in [0.5, 0.6) is 5.75 Å². The van der Waals surface area contributed by atoms with E-state index in [0.717, 1.165) is 18.0 Å². The van der Waals surface area contributed by atoms with Crippen LogP contribution in [-0.2, 0) is 0 Å². The van der Waals surface area contributed by atoms with Crippen molar-refractivity contribution in [2.75, 3.05) is 19.0 Å². The molecule has 1 aromatic carbocycles. The van der Waals surface area contributed by atoms with E-state index in [4.69, 9.17) is 4.74 Å². The molecule has 0 bridgehead atoms. The fraction of sp³-hybridized carbons (Fsp3) is 0.364. The number of carbonyl (C=O) groups excluding carboxylic acids is 1. The molecule has 2 N–H and O–H groups in total. The molecular formula is C11H14N2O2. The molecule has 4 nitrogen and oxygen atoms in total. The van der Waals surface area contributed by atoms with Gasteiger partial charge in [0, 0.05) is 18.7 Å². The second-order valence-corrected chi connectivity index (χ2v) is 3.67. The highest BCUT2D eigenvalue weighted by Gasteiger charge is 2.18. The van der Waals surface area contributed by atoms with Crippen LogP contribution in [0.15, 0.2) is 18.2 Å². The summed E-state index contributed by atoms with van der Waals surface area (Å²) in [6.45, 7) is 2.69. The predicted octanol–water partition coefficient (Wildman–Crippen LogP) is 1.24. The number of carbonyl (C=O) groups is 1. The highest BCUT2D eigenvalue weighted by molar-refractivity contribution is 6.00. The number of benzene rings is 1. The lowest BCUT2D eigenvalue weighted by Crippen LogP contribution is -2.34. The number of ether oxygens (including phenoxy) is 1. The summed E-state index contributed by atoms with van der Waals surface area (Å²) in [5.41, 5.74) is 1.50. The molecule has 1 amide bonds. The van der Waals surface area contributed by atoms with Gasteiger partial charge < -0.3 is 15.4 Å². The van der Waals surface area contributed by atoms with E-state index in [1.807, 2.05) is 13.0 Å². The first-order valence-electron chi connectivity index (χ1n) is 4.93. The van der Waals surface area contributed by atoms with E-state index >= 15 is 0 Å². The molecule has 0 fully saturated rings. The number of nitrogens with one attached hydrogen (secondary N) is 2. The maximum Gasteiger partial charge on any atom is 0.253 e. The number of hydrogen-bond acceptors (Lipinski definition) is 3. The topological polar surface area (TPSA) is 50.4 Å². The molecule has 0 aliphatic carbocycles. The fourth-order valence-corrected chi connectivity index (χ4v) is 1.61. The summed E-state index contributed by atoms with van der Waals surface area (Å²) >= 11 is 0. The fourth-order valence-electron chi connectivity index (χ4n) is 1.61. The maximum absolute atomic E-state index is 11.7. The summed E-state index contributed by atoms with van der Waals surface area (Å²) in [6, 6.07) is 5.54. The summed E-state index contributed by atoms with van der Waals surface area (Å²) < 4.78 is 5.11. The molecule has 15 heavy (non-hydrogen) atoms. The first kappa shape index (κ1) is 9.83. The molecule has 4 heteroatoms. The summed E-state index contributed by atoms with van der Waals surface area (Å²) in [7, 11) is 1.61. The minimum atomic E-state index is -0.0369. The van der Waals surface area contributed by atoms with Crippen molar-refractivity contribution in [2.45, 2.75) is 13.0 Å². The maximum atomic E-state index is 11.7. The molecular weight excluding hydrogens is 192 g/mol. The molecule has 0 aromatic heterocycles. The van der Waals surface area contributed by atoms with Crippen molar-refractivity contribution in [3.05, 3.63) is 23.8 Å². The molecule has 2 rings (SSSR count). The van der Waals surface area contributed by atoms with Gasteiger partial charge in [0.1, 0.15) is 5.75 Å². The number of hydrogen-bond donors (Lipinski definition) is 2. The van der Waals surface area contributed by atoms with Gasteiger partial charge in [-0.15, -0.1) is 0 Å². The number of methoxy groups -OCH3 is 1. The zero-order valence-corrected chi connectivity index (χ0v) is 8.83. The third-order valence-corrected chi connectivity index (χ3v) is 2.45. The Morgan fingerprint density at radius 3 is 3.00 bits per heavy atom. The molecule has 1 unspecified atom stereocenters. The van der Waals surface area contributed by atoms with E-state index in [0.29, 0.717) is 5.56 Å². The molecule has 0 saturated heterocycles. The molecule has 1 atom stereocenters. The van der Waals surface area contributed by atoms with Gasteiger partial charge in [0.15, 0.2) is 0 Å². The normalized spacial score (nSPS) is 19.6. The Bertz CT molecular complexity index is 390. The van der Waals surface area contributed by atoms with Crippen molar-refractivity contribution in [3.63, 3.8) is 0 Å². The molecule has 0 radical (unpaired) electrons. The second kappa shape index (κ2) is 3.81. The van der Waals surface area contributed by atoms with Crippen LogP contribution in [-0.4, -0.2) is 25.6 Å². The minimum absolute atomic E-state index is 0.0369. The predicted molar refractivity (Wildman–Crippen MR) is 58.4 cm³/mol. The number of amides is 1. The van der Waals surface area contributed by atoms with Gasteiger partial charge in [-0.1, -0.05) is 0 Å². The monoisotopic (exact) mass is 206 g/mol. The van der Waals surface area contributed by atoms with Gasteiger partial charge in [-0.25, -0.2) is 0 Å². The first-order chi connectivity index (χ1) is 7.20. The van der Waals surface area contributed by atoms with Gasteiger partial charge in [-0.3, -0.25) is 4.79 Å². The quantitative estimate of drug-likeness (QED) is 0.726. The average molecular weight is 206 g/mol. The molecule has 0 spiro atoms. The highest BCUT2D eigenvalue weighted by atomic mass is 16.5. The number of rotatable bonds is 1. The zero-order valence-electron chi connectivity index (χ0n) is 8.83. The first-order valence-corrected chi connectivity index (χ1v) is 4.93. The lowest BCUT2D eigenvalue weighted by Gasteiger charge is -2.08. The lowest BCUT2D eigenvalue weighted by molar-refractivity contribution is 0.0945. The summed E-state index contributed by atoms with van der Waals surface area (Å²) in [6.07, 6.45) is 0. The second-order valence-electron chi connectivity index (χ2n) is 3.67. The Balaban J connectivity index is 2.39. The SMILES string of the molecule is COc1ccc2c(c1)NCC(C)NC2=O. The molecule has 80 valence electrons. The van der Waals surface area contributed by atoms with Crippen molar-refractivity contribution in [2.24, 2.45) is 0 Å². The van der Waals surface area contributed by atoms with Crippen molar-refractivity contribution >= 4 is 11.6 Å². The summed E-state index contributed by atoms with van der Waals surface area (Å²) in [5.74, 6) is 0.716. The van der Waals surface area contributed by atoms with Gasteiger partial charge in [0.2, 0.25) is 0 Å². The van der Waals surface area contributed by atoms with Gasteiger partial charge in [0.05, 0.1) is 18.4 Å². The Labute approximate surface area is 88.6 Å². The Kier molecular flexibility index (Phi) is 2.49. The van der Waals surface area contributed by atoms with Crippen molar-refractivity contribution in [1.29, 1.82) is 0 Å². The van der Waals surface area contributed by atoms with Crippen LogP contribution < -0.4 is 15.4 Å². The van der Waals surface area contributed by atoms with Crippen molar-refractivity contribution < 1.29 is 9.53 Å². The van der Waals surface area contributed by atoms with E-state index in [-0.39, 0.29) is 11.9 Å². The van der Waals surface area contributed by atoms with E-state index < -0.39 is 0 Å². The van der Waals surface area contributed by atoms with Crippen molar-refractivity contribution in [1.82, 2.24) is 5.32 Å². The van der Waals surface area contributed by atoms with Crippen LogP contribution in [0.25, 0.3) is 0 Å². The van der Waals surface area contributed by atoms with E-state index in [2.05, 4.69) is 10.6 Å². The van der Waals surface area contributed by atoms with Crippen molar-refractivity contribution in [3.8, 4) is 5.75 Å². The molecule has 0 saturated carbocycles. The van der Waals surface area contributed by atoms with Crippen LogP contribution in [0.4, 0.5) is 5.69 Å². The third-order valence-electron chi connectivity index (χ3n) is 2.45. The van der Waals surface area contributed by atoms with Gasteiger partial charge in [-0.2, -0.15) is 0 Å². The zero-order chi connectivity index (χ0) is 10.8. The van der Waals surface area contributed by atoms with Crippen LogP contribution >= 0.6 is 0 Å². The molecule has 1 aliphatic heterocycles. The smallest absolute Gasteiger partial charge is 0.253 e. The van der Waals surface area contributed by atoms with Crippen LogP contribution in [0, 0.1) is 0 Å². The standard InChI is InChI=1S/C11H14N2O2/c1-7-6-12-10-5-8(15-2)3-4-9(10)11(14)13-7/h3-5,7,12H,6H2,1-2H3,(H,13,14). The highest BCUT2D eigenvalue weighted by Crippen LogP contribution is 2.23. The van der Waals surface area contributed by atoms with Crippen LogP contribution in [0.3, 0.4) is 0 Å². The summed E-state index contributed by atoms with van der Waals surface area (Å²) in [5, 5.41) is 6.11. The van der Waals surface area contributed by atoms with E-state index in [1.165, 1.54) is 0 Å². The number of anilines is 1. The Morgan fingerprint density at radius 1 is 1.47 bits per heavy atom. The average Bonchev–Trinajstić information content (AvgIpc) is 2.38. The van der Waals surface area contributed by atoms with Crippen LogP contribution in [0.1, 0.15) is 17.3 Å². The Hall–Kier alpha value is -1.71.